The van der Waals surface area contributed by atoms with Crippen molar-refractivity contribution in [2.24, 2.45) is 0 Å². The van der Waals surface area contributed by atoms with Gasteiger partial charge in [0.15, 0.2) is 0 Å². The van der Waals surface area contributed by atoms with E-state index < -0.39 is 5.97 Å². The average molecular weight is 301 g/mol. The summed E-state index contributed by atoms with van der Waals surface area (Å²) in [7, 11) is 0. The molecule has 1 heterocycles. The van der Waals surface area contributed by atoms with Crippen LogP contribution in [0.3, 0.4) is 0 Å². The van der Waals surface area contributed by atoms with Crippen molar-refractivity contribution in [1.82, 2.24) is 0 Å². The molecule has 0 saturated heterocycles. The average Bonchev–Trinajstić information content (AvgIpc) is 2.89. The molecule has 0 spiro atoms. The van der Waals surface area contributed by atoms with Crippen molar-refractivity contribution in [3.05, 3.63) is 53.6 Å². The second-order valence-electron chi connectivity index (χ2n) is 4.91. The molecule has 3 N–H and O–H groups in total. The van der Waals surface area contributed by atoms with Gasteiger partial charge in [-0.2, -0.15) is 0 Å². The van der Waals surface area contributed by atoms with Gasteiger partial charge in [0.05, 0.1) is 12.2 Å². The van der Waals surface area contributed by atoms with E-state index in [0.29, 0.717) is 18.3 Å². The van der Waals surface area contributed by atoms with Crippen molar-refractivity contribution in [3.8, 4) is 5.75 Å². The third-order valence-corrected chi connectivity index (χ3v) is 4.76. The number of rotatable bonds is 4. The van der Waals surface area contributed by atoms with Gasteiger partial charge in [0.1, 0.15) is 5.75 Å². The molecule has 0 aromatic heterocycles. The third-order valence-electron chi connectivity index (χ3n) is 3.51. The zero-order valence-electron chi connectivity index (χ0n) is 11.3. The van der Waals surface area contributed by atoms with Crippen LogP contribution < -0.4 is 10.5 Å². The van der Waals surface area contributed by atoms with E-state index in [1.807, 2.05) is 23.9 Å². The molecule has 21 heavy (non-hydrogen) atoms. The summed E-state index contributed by atoms with van der Waals surface area (Å²) in [4.78, 5) is 12.4. The van der Waals surface area contributed by atoms with Gasteiger partial charge in [0.25, 0.3) is 0 Å². The van der Waals surface area contributed by atoms with Gasteiger partial charge < -0.3 is 15.6 Å². The Kier molecular flexibility index (Phi) is 3.75. The van der Waals surface area contributed by atoms with Gasteiger partial charge in [-0.05, 0) is 29.8 Å². The largest absolute Gasteiger partial charge is 0.493 e. The number of carboxylic acids is 1. The Morgan fingerprint density at radius 2 is 2.14 bits per heavy atom. The smallest absolute Gasteiger partial charge is 0.337 e. The Morgan fingerprint density at radius 3 is 2.95 bits per heavy atom. The molecular formula is C16H15NO3S. The number of ether oxygens (including phenoxy) is 1. The maximum absolute atomic E-state index is 11.1. The van der Waals surface area contributed by atoms with Crippen molar-refractivity contribution in [2.75, 3.05) is 18.1 Å². The number of thioether (sulfide) groups is 1. The lowest BCUT2D eigenvalue weighted by Crippen LogP contribution is -2.10. The molecule has 0 saturated carbocycles. The Bertz CT molecular complexity index is 687. The quantitative estimate of drug-likeness (QED) is 0.848. The molecule has 0 aliphatic carbocycles. The predicted molar refractivity (Wildman–Crippen MR) is 83.2 cm³/mol. The van der Waals surface area contributed by atoms with E-state index in [0.717, 1.165) is 5.75 Å². The minimum absolute atomic E-state index is 0.0775. The molecule has 1 aliphatic heterocycles. The predicted octanol–water partition coefficient (Wildman–Crippen LogP) is 3.24. The normalized spacial score (nSPS) is 16.5. The van der Waals surface area contributed by atoms with Crippen LogP contribution in [-0.2, 0) is 0 Å². The number of carboxylic acid groups (broad SMARTS) is 1. The monoisotopic (exact) mass is 301 g/mol. The van der Waals surface area contributed by atoms with Gasteiger partial charge in [-0.15, -0.1) is 11.8 Å². The number of nitrogens with two attached hydrogens (primary N) is 1. The van der Waals surface area contributed by atoms with Crippen molar-refractivity contribution in [2.45, 2.75) is 10.8 Å². The van der Waals surface area contributed by atoms with E-state index in [4.69, 9.17) is 15.6 Å². The fourth-order valence-electron chi connectivity index (χ4n) is 2.37. The van der Waals surface area contributed by atoms with E-state index in [-0.39, 0.29) is 11.3 Å². The van der Waals surface area contributed by atoms with E-state index in [9.17, 15) is 4.79 Å². The Hall–Kier alpha value is -2.14. The molecule has 0 radical (unpaired) electrons. The van der Waals surface area contributed by atoms with Gasteiger partial charge in [0.2, 0.25) is 0 Å². The minimum atomic E-state index is -1.04. The van der Waals surface area contributed by atoms with Crippen LogP contribution in [0.2, 0.25) is 0 Å². The van der Waals surface area contributed by atoms with Crippen LogP contribution >= 0.6 is 11.8 Å². The molecule has 3 rings (SSSR count). The Balaban J connectivity index is 1.72. The summed E-state index contributed by atoms with van der Waals surface area (Å²) in [6.07, 6.45) is 0. The second kappa shape index (κ2) is 5.69. The number of aromatic carboxylic acids is 1. The van der Waals surface area contributed by atoms with Crippen molar-refractivity contribution in [1.29, 1.82) is 0 Å². The maximum atomic E-state index is 11.1. The van der Waals surface area contributed by atoms with Crippen LogP contribution in [-0.4, -0.2) is 23.4 Å². The molecule has 1 atom stereocenters. The summed E-state index contributed by atoms with van der Waals surface area (Å²) in [6.45, 7) is 0.535. The lowest BCUT2D eigenvalue weighted by atomic mass is 10.0. The van der Waals surface area contributed by atoms with Crippen LogP contribution in [0.15, 0.2) is 47.4 Å². The zero-order valence-corrected chi connectivity index (χ0v) is 12.1. The van der Waals surface area contributed by atoms with Gasteiger partial charge in [-0.3, -0.25) is 0 Å². The van der Waals surface area contributed by atoms with E-state index >= 15 is 0 Å². The molecule has 1 aliphatic rings. The first kappa shape index (κ1) is 13.8. The molecule has 0 amide bonds. The number of hydrogen-bond acceptors (Lipinski definition) is 4. The fourth-order valence-corrected chi connectivity index (χ4v) is 3.61. The third kappa shape index (κ3) is 2.83. The standard InChI is InChI=1S/C16H15NO3S/c17-14-6-5-11(7-13(14)16(18)19)20-8-10-9-21-15-4-2-1-3-12(10)15/h1-7,10H,8-9,17H2,(H,18,19). The molecule has 2 aromatic carbocycles. The molecule has 1 unspecified atom stereocenters. The number of hydrogen-bond donors (Lipinski definition) is 2. The first-order valence-corrected chi connectivity index (χ1v) is 7.61. The van der Waals surface area contributed by atoms with Crippen LogP contribution in [0, 0.1) is 0 Å². The van der Waals surface area contributed by atoms with Crippen LogP contribution in [0.25, 0.3) is 0 Å². The topological polar surface area (TPSA) is 72.5 Å². The van der Waals surface area contributed by atoms with E-state index in [1.165, 1.54) is 16.5 Å². The molecule has 0 fully saturated rings. The van der Waals surface area contributed by atoms with Gasteiger partial charge in [-0.25, -0.2) is 4.79 Å². The highest BCUT2D eigenvalue weighted by Crippen LogP contribution is 2.39. The summed E-state index contributed by atoms with van der Waals surface area (Å²) in [5.74, 6) is 0.813. The number of anilines is 1. The molecule has 108 valence electrons. The van der Waals surface area contributed by atoms with Crippen molar-refractivity contribution >= 4 is 23.4 Å². The number of carbonyl (C=O) groups is 1. The van der Waals surface area contributed by atoms with E-state index in [1.54, 1.807) is 12.1 Å². The Morgan fingerprint density at radius 1 is 1.33 bits per heavy atom. The lowest BCUT2D eigenvalue weighted by molar-refractivity contribution is 0.0697. The number of nitrogen functional groups attached to an aromatic ring is 1. The van der Waals surface area contributed by atoms with Crippen LogP contribution in [0.5, 0.6) is 5.75 Å². The molecule has 2 aromatic rings. The molecule has 5 heteroatoms. The first-order valence-electron chi connectivity index (χ1n) is 6.62. The summed E-state index contributed by atoms with van der Waals surface area (Å²) >= 11 is 1.83. The maximum Gasteiger partial charge on any atom is 0.337 e. The van der Waals surface area contributed by atoms with Crippen molar-refractivity contribution in [3.63, 3.8) is 0 Å². The SMILES string of the molecule is Nc1ccc(OCC2CSc3ccccc32)cc1C(=O)O. The summed E-state index contributed by atoms with van der Waals surface area (Å²) in [5, 5.41) is 9.06. The van der Waals surface area contributed by atoms with Crippen molar-refractivity contribution < 1.29 is 14.6 Å². The number of fused-ring (bicyclic) bond motifs is 1. The van der Waals surface area contributed by atoms with Gasteiger partial charge in [0, 0.05) is 22.3 Å². The Labute approximate surface area is 126 Å². The van der Waals surface area contributed by atoms with Gasteiger partial charge in [-0.1, -0.05) is 18.2 Å². The summed E-state index contributed by atoms with van der Waals surface area (Å²) in [6, 6.07) is 13.1. The first-order chi connectivity index (χ1) is 10.1. The van der Waals surface area contributed by atoms with Crippen LogP contribution in [0.1, 0.15) is 21.8 Å². The minimum Gasteiger partial charge on any atom is -0.493 e. The number of benzene rings is 2. The second-order valence-corrected chi connectivity index (χ2v) is 5.97. The fraction of sp³-hybridized carbons (Fsp3) is 0.188. The summed E-state index contributed by atoms with van der Waals surface area (Å²) < 4.78 is 5.76. The molecule has 4 nitrogen and oxygen atoms in total. The van der Waals surface area contributed by atoms with Gasteiger partial charge >= 0.3 is 5.97 Å². The summed E-state index contributed by atoms with van der Waals surface area (Å²) in [5.41, 5.74) is 7.26. The lowest BCUT2D eigenvalue weighted by Gasteiger charge is -2.13. The van der Waals surface area contributed by atoms with Crippen LogP contribution in [0.4, 0.5) is 5.69 Å². The highest BCUT2D eigenvalue weighted by atomic mass is 32.2. The zero-order chi connectivity index (χ0) is 14.8. The molecule has 0 bridgehead atoms. The van der Waals surface area contributed by atoms with E-state index in [2.05, 4.69) is 12.1 Å². The highest BCUT2D eigenvalue weighted by Gasteiger charge is 2.23. The highest BCUT2D eigenvalue weighted by molar-refractivity contribution is 7.99. The molecular weight excluding hydrogens is 286 g/mol.